The van der Waals surface area contributed by atoms with Crippen LogP contribution in [0.25, 0.3) is 22.5 Å². The third kappa shape index (κ3) is 4.51. The largest absolute Gasteiger partial charge is 0.342 e. The number of aromatic amines is 1. The SMILES string of the molecule is O=C(C1CC1)N1CCN(Cc2ccnc(Cc3nc4ccc(-c5nc(C6CC6)no5)cc4[nH]3)c2)CC1. The maximum Gasteiger partial charge on any atom is 0.258 e. The van der Waals surface area contributed by atoms with Gasteiger partial charge in [-0.1, -0.05) is 5.16 Å². The Hall–Kier alpha value is -3.59. The molecule has 0 spiro atoms. The zero-order valence-electron chi connectivity index (χ0n) is 20.2. The van der Waals surface area contributed by atoms with E-state index in [9.17, 15) is 4.79 Å². The van der Waals surface area contributed by atoms with E-state index < -0.39 is 0 Å². The van der Waals surface area contributed by atoms with E-state index in [1.165, 1.54) is 5.56 Å². The number of fused-ring (bicyclic) bond motifs is 1. The van der Waals surface area contributed by atoms with E-state index in [0.717, 1.165) is 92.3 Å². The monoisotopic (exact) mass is 483 g/mol. The van der Waals surface area contributed by atoms with Crippen molar-refractivity contribution in [2.75, 3.05) is 26.2 Å². The number of piperazine rings is 1. The number of pyridine rings is 1. The molecule has 1 saturated heterocycles. The summed E-state index contributed by atoms with van der Waals surface area (Å²) in [6, 6.07) is 10.2. The molecule has 9 heteroatoms. The number of hydrogen-bond acceptors (Lipinski definition) is 7. The van der Waals surface area contributed by atoms with Gasteiger partial charge in [-0.2, -0.15) is 4.98 Å². The summed E-state index contributed by atoms with van der Waals surface area (Å²) in [6.45, 7) is 4.38. The van der Waals surface area contributed by atoms with Crippen LogP contribution in [0.2, 0.25) is 0 Å². The second kappa shape index (κ2) is 8.81. The fraction of sp³-hybridized carbons (Fsp3) is 0.444. The lowest BCUT2D eigenvalue weighted by Gasteiger charge is -2.35. The number of hydrogen-bond donors (Lipinski definition) is 1. The van der Waals surface area contributed by atoms with Crippen molar-refractivity contribution >= 4 is 16.9 Å². The molecular formula is C27H29N7O2. The predicted molar refractivity (Wildman–Crippen MR) is 133 cm³/mol. The number of amides is 1. The highest BCUT2D eigenvalue weighted by Gasteiger charge is 2.34. The summed E-state index contributed by atoms with van der Waals surface area (Å²) in [6.07, 6.45) is 6.96. The first kappa shape index (κ1) is 21.7. The fourth-order valence-electron chi connectivity index (χ4n) is 5.01. The van der Waals surface area contributed by atoms with Crippen molar-refractivity contribution in [1.29, 1.82) is 0 Å². The van der Waals surface area contributed by atoms with Crippen LogP contribution in [0.4, 0.5) is 0 Å². The Balaban J connectivity index is 1.01. The molecule has 0 unspecified atom stereocenters. The second-order valence-corrected chi connectivity index (χ2v) is 10.4. The Kier molecular flexibility index (Phi) is 5.31. The van der Waals surface area contributed by atoms with Gasteiger partial charge in [0.1, 0.15) is 5.82 Å². The molecule has 1 aliphatic heterocycles. The third-order valence-corrected chi connectivity index (χ3v) is 7.41. The van der Waals surface area contributed by atoms with Crippen molar-refractivity contribution in [1.82, 2.24) is 34.9 Å². The molecule has 4 heterocycles. The maximum atomic E-state index is 12.3. The van der Waals surface area contributed by atoms with Crippen LogP contribution in [-0.2, 0) is 17.8 Å². The molecule has 36 heavy (non-hydrogen) atoms. The van der Waals surface area contributed by atoms with Gasteiger partial charge in [0.05, 0.1) is 11.0 Å². The van der Waals surface area contributed by atoms with Gasteiger partial charge in [0.2, 0.25) is 5.91 Å². The summed E-state index contributed by atoms with van der Waals surface area (Å²) in [4.78, 5) is 34.1. The smallest absolute Gasteiger partial charge is 0.258 e. The van der Waals surface area contributed by atoms with Crippen LogP contribution in [0.15, 0.2) is 41.1 Å². The van der Waals surface area contributed by atoms with Crippen LogP contribution < -0.4 is 0 Å². The van der Waals surface area contributed by atoms with Crippen LogP contribution in [0.3, 0.4) is 0 Å². The highest BCUT2D eigenvalue weighted by Crippen LogP contribution is 2.39. The van der Waals surface area contributed by atoms with E-state index in [4.69, 9.17) is 9.51 Å². The highest BCUT2D eigenvalue weighted by molar-refractivity contribution is 5.81. The summed E-state index contributed by atoms with van der Waals surface area (Å²) in [5, 5.41) is 4.13. The number of H-pyrrole nitrogens is 1. The van der Waals surface area contributed by atoms with E-state index in [1.54, 1.807) is 0 Å². The Labute approximate surface area is 208 Å². The van der Waals surface area contributed by atoms with Crippen LogP contribution in [-0.4, -0.2) is 67.0 Å². The normalized spacial score (nSPS) is 18.7. The minimum absolute atomic E-state index is 0.308. The van der Waals surface area contributed by atoms with Gasteiger partial charge in [-0.3, -0.25) is 14.7 Å². The number of aromatic nitrogens is 5. The number of nitrogens with zero attached hydrogens (tertiary/aromatic N) is 6. The quantitative estimate of drug-likeness (QED) is 0.429. The third-order valence-electron chi connectivity index (χ3n) is 7.41. The summed E-state index contributed by atoms with van der Waals surface area (Å²) < 4.78 is 5.48. The number of carbonyl (C=O) groups is 1. The summed E-state index contributed by atoms with van der Waals surface area (Å²) in [5.41, 5.74) is 4.98. The number of rotatable bonds is 7. The molecule has 7 rings (SSSR count). The van der Waals surface area contributed by atoms with Gasteiger partial charge >= 0.3 is 0 Å². The molecule has 4 aromatic rings. The number of nitrogens with one attached hydrogen (secondary N) is 1. The van der Waals surface area contributed by atoms with Crippen molar-refractivity contribution < 1.29 is 9.32 Å². The van der Waals surface area contributed by atoms with Crippen molar-refractivity contribution in [2.45, 2.75) is 44.6 Å². The van der Waals surface area contributed by atoms with E-state index in [1.807, 2.05) is 29.3 Å². The van der Waals surface area contributed by atoms with Crippen molar-refractivity contribution in [3.8, 4) is 11.5 Å². The minimum atomic E-state index is 0.308. The van der Waals surface area contributed by atoms with Crippen molar-refractivity contribution in [3.63, 3.8) is 0 Å². The van der Waals surface area contributed by atoms with E-state index in [0.29, 0.717) is 30.1 Å². The van der Waals surface area contributed by atoms with Crippen LogP contribution in [0.5, 0.6) is 0 Å². The topological polar surface area (TPSA) is 104 Å². The number of benzene rings is 1. The molecule has 3 aromatic heterocycles. The lowest BCUT2D eigenvalue weighted by Crippen LogP contribution is -2.48. The lowest BCUT2D eigenvalue weighted by atomic mass is 10.1. The minimum Gasteiger partial charge on any atom is -0.342 e. The van der Waals surface area contributed by atoms with Gasteiger partial charge in [-0.05, 0) is 61.6 Å². The van der Waals surface area contributed by atoms with Gasteiger partial charge < -0.3 is 14.4 Å². The predicted octanol–water partition coefficient (Wildman–Crippen LogP) is 3.53. The van der Waals surface area contributed by atoms with Gasteiger partial charge in [0.25, 0.3) is 5.89 Å². The summed E-state index contributed by atoms with van der Waals surface area (Å²) in [7, 11) is 0. The Morgan fingerprint density at radius 3 is 2.69 bits per heavy atom. The second-order valence-electron chi connectivity index (χ2n) is 10.4. The molecule has 3 aliphatic rings. The van der Waals surface area contributed by atoms with Gasteiger partial charge in [0, 0.05) is 68.4 Å². The molecular weight excluding hydrogens is 454 g/mol. The number of imidazole rings is 1. The molecule has 0 radical (unpaired) electrons. The number of carbonyl (C=O) groups excluding carboxylic acids is 1. The molecule has 1 aromatic carbocycles. The van der Waals surface area contributed by atoms with Gasteiger partial charge in [0.15, 0.2) is 5.82 Å². The molecule has 0 bridgehead atoms. The van der Waals surface area contributed by atoms with Gasteiger partial charge in [-0.25, -0.2) is 4.98 Å². The zero-order chi connectivity index (χ0) is 24.1. The Morgan fingerprint density at radius 2 is 1.89 bits per heavy atom. The Bertz CT molecular complexity index is 1410. The highest BCUT2D eigenvalue weighted by atomic mass is 16.5. The van der Waals surface area contributed by atoms with E-state index in [-0.39, 0.29) is 0 Å². The summed E-state index contributed by atoms with van der Waals surface area (Å²) >= 11 is 0. The first-order chi connectivity index (χ1) is 17.7. The van der Waals surface area contributed by atoms with Gasteiger partial charge in [-0.15, -0.1) is 0 Å². The van der Waals surface area contributed by atoms with Crippen LogP contribution in [0.1, 0.15) is 54.5 Å². The average Bonchev–Trinajstić information content (AvgIpc) is 3.83. The molecule has 9 nitrogen and oxygen atoms in total. The maximum absolute atomic E-state index is 12.3. The standard InChI is InChI=1S/C27H29N7O2/c35-27(19-3-4-19)34-11-9-33(10-12-34)16-17-7-8-28-21(13-17)15-24-29-22-6-5-20(14-23(22)30-24)26-31-25(32-36-26)18-1-2-18/h5-8,13-14,18-19H,1-4,9-12,15-16H2,(H,29,30). The fourth-order valence-corrected chi connectivity index (χ4v) is 5.01. The first-order valence-electron chi connectivity index (χ1n) is 13.0. The molecule has 0 atom stereocenters. The molecule has 1 amide bonds. The molecule has 2 aliphatic carbocycles. The Morgan fingerprint density at radius 1 is 1.03 bits per heavy atom. The molecule has 3 fully saturated rings. The van der Waals surface area contributed by atoms with E-state index in [2.05, 4.69) is 37.1 Å². The van der Waals surface area contributed by atoms with Crippen LogP contribution >= 0.6 is 0 Å². The van der Waals surface area contributed by atoms with E-state index >= 15 is 0 Å². The summed E-state index contributed by atoms with van der Waals surface area (Å²) in [5.74, 6) is 3.39. The molecule has 2 saturated carbocycles. The molecule has 184 valence electrons. The molecule has 1 N–H and O–H groups in total. The van der Waals surface area contributed by atoms with Crippen LogP contribution in [0, 0.1) is 5.92 Å². The average molecular weight is 484 g/mol. The van der Waals surface area contributed by atoms with Crippen molar-refractivity contribution in [2.24, 2.45) is 5.92 Å². The van der Waals surface area contributed by atoms with Crippen molar-refractivity contribution in [3.05, 3.63) is 59.4 Å². The lowest BCUT2D eigenvalue weighted by molar-refractivity contribution is -0.134. The zero-order valence-corrected chi connectivity index (χ0v) is 20.2. The first-order valence-corrected chi connectivity index (χ1v) is 13.0.